The molecule has 0 radical (unpaired) electrons. The Hall–Kier alpha value is -1.47. The quantitative estimate of drug-likeness (QED) is 0.386. The lowest BCUT2D eigenvalue weighted by molar-refractivity contribution is 0.473. The van der Waals surface area contributed by atoms with Crippen LogP contribution in [0.4, 0.5) is 0 Å². The first-order valence-corrected chi connectivity index (χ1v) is 10.6. The van der Waals surface area contributed by atoms with Crippen molar-refractivity contribution in [1.29, 1.82) is 0 Å². The van der Waals surface area contributed by atoms with Gasteiger partial charge in [0.25, 0.3) is 0 Å². The topological polar surface area (TPSA) is 9.23 Å². The molecule has 0 saturated heterocycles. The van der Waals surface area contributed by atoms with E-state index >= 15 is 0 Å². The molecule has 2 aromatic rings. The highest BCUT2D eigenvalue weighted by Gasteiger charge is 2.18. The Labute approximate surface area is 164 Å². The van der Waals surface area contributed by atoms with Gasteiger partial charge in [0.1, 0.15) is 11.5 Å². The summed E-state index contributed by atoms with van der Waals surface area (Å²) in [5.74, 6) is 1.82. The molecule has 0 aliphatic rings. The molecular formula is C24H33ClO. The van der Waals surface area contributed by atoms with Crippen molar-refractivity contribution in [2.75, 3.05) is 0 Å². The van der Waals surface area contributed by atoms with Crippen LogP contribution in [0, 0.1) is 0 Å². The van der Waals surface area contributed by atoms with Crippen LogP contribution in [0.25, 0.3) is 0 Å². The van der Waals surface area contributed by atoms with Crippen LogP contribution in [0.15, 0.2) is 36.4 Å². The number of ether oxygens (including phenoxy) is 1. The molecule has 1 nitrogen and oxygen atoms in total. The van der Waals surface area contributed by atoms with Crippen molar-refractivity contribution in [1.82, 2.24) is 0 Å². The monoisotopic (exact) mass is 372 g/mol. The molecular weight excluding hydrogens is 340 g/mol. The molecule has 142 valence electrons. The fraction of sp³-hybridized carbons (Fsp3) is 0.500. The summed E-state index contributed by atoms with van der Waals surface area (Å²) in [5, 5.41) is 0.871. The first-order valence-electron chi connectivity index (χ1n) is 10.3. The van der Waals surface area contributed by atoms with Crippen molar-refractivity contribution in [3.8, 4) is 11.5 Å². The molecule has 0 unspecified atom stereocenters. The van der Waals surface area contributed by atoms with E-state index in [1.165, 1.54) is 55.2 Å². The molecule has 2 heteroatoms. The van der Waals surface area contributed by atoms with Crippen LogP contribution in [0.1, 0.15) is 76.0 Å². The van der Waals surface area contributed by atoms with Crippen LogP contribution in [0.5, 0.6) is 11.5 Å². The van der Waals surface area contributed by atoms with Crippen molar-refractivity contribution < 1.29 is 4.74 Å². The zero-order chi connectivity index (χ0) is 18.8. The number of para-hydroxylation sites is 1. The van der Waals surface area contributed by atoms with E-state index in [-0.39, 0.29) is 0 Å². The summed E-state index contributed by atoms with van der Waals surface area (Å²) in [5.41, 5.74) is 4.18. The van der Waals surface area contributed by atoms with Gasteiger partial charge in [-0.15, -0.1) is 0 Å². The third-order valence-electron chi connectivity index (χ3n) is 4.88. The summed E-state index contributed by atoms with van der Waals surface area (Å²) in [6.07, 6.45) is 10.4. The van der Waals surface area contributed by atoms with E-state index in [1.54, 1.807) is 0 Å². The third kappa shape index (κ3) is 5.77. The fourth-order valence-electron chi connectivity index (χ4n) is 3.38. The summed E-state index contributed by atoms with van der Waals surface area (Å²) < 4.78 is 6.28. The maximum Gasteiger partial charge on any atom is 0.132 e. The molecule has 0 atom stereocenters. The largest absolute Gasteiger partial charge is 0.457 e. The van der Waals surface area contributed by atoms with Crippen LogP contribution >= 0.6 is 11.6 Å². The molecule has 26 heavy (non-hydrogen) atoms. The predicted octanol–water partition coefficient (Wildman–Crippen LogP) is 8.16. The van der Waals surface area contributed by atoms with Crippen LogP contribution in [0.3, 0.4) is 0 Å². The van der Waals surface area contributed by atoms with E-state index < -0.39 is 0 Å². The maximum atomic E-state index is 6.74. The van der Waals surface area contributed by atoms with E-state index in [4.69, 9.17) is 16.3 Å². The number of benzene rings is 2. The summed E-state index contributed by atoms with van der Waals surface area (Å²) in [6, 6.07) is 12.1. The Morgan fingerprint density at radius 2 is 1.27 bits per heavy atom. The summed E-state index contributed by atoms with van der Waals surface area (Å²) in [7, 11) is 0. The Balaban J connectivity index is 2.48. The van der Waals surface area contributed by atoms with Crippen LogP contribution in [-0.2, 0) is 19.3 Å². The van der Waals surface area contributed by atoms with Gasteiger partial charge in [-0.05, 0) is 73.4 Å². The minimum atomic E-state index is 0.871. The van der Waals surface area contributed by atoms with Gasteiger partial charge in [0.05, 0.1) is 0 Å². The van der Waals surface area contributed by atoms with E-state index in [0.717, 1.165) is 35.8 Å². The number of unbranched alkanes of at least 4 members (excludes halogenated alkanes) is 3. The van der Waals surface area contributed by atoms with E-state index in [0.29, 0.717) is 0 Å². The van der Waals surface area contributed by atoms with Crippen molar-refractivity contribution >= 4 is 11.6 Å². The normalized spacial score (nSPS) is 10.9. The Bertz CT molecular complexity index is 664. The molecule has 0 heterocycles. The van der Waals surface area contributed by atoms with Gasteiger partial charge in [-0.25, -0.2) is 0 Å². The lowest BCUT2D eigenvalue weighted by atomic mass is 9.90. The minimum absolute atomic E-state index is 0.871. The molecule has 0 fully saturated rings. The number of rotatable bonds is 11. The third-order valence-corrected chi connectivity index (χ3v) is 5.22. The Morgan fingerprint density at radius 3 is 1.85 bits per heavy atom. The number of hydrogen-bond acceptors (Lipinski definition) is 1. The van der Waals surface area contributed by atoms with E-state index in [9.17, 15) is 0 Å². The molecule has 0 N–H and O–H groups in total. The average molecular weight is 373 g/mol. The van der Waals surface area contributed by atoms with Crippen molar-refractivity contribution in [2.24, 2.45) is 0 Å². The van der Waals surface area contributed by atoms with E-state index in [1.807, 2.05) is 30.3 Å². The van der Waals surface area contributed by atoms with Crippen LogP contribution in [0.2, 0.25) is 5.02 Å². The number of hydrogen-bond donors (Lipinski definition) is 0. The molecule has 0 aliphatic heterocycles. The molecule has 0 amide bonds. The highest BCUT2D eigenvalue weighted by molar-refractivity contribution is 6.31. The molecule has 2 aromatic carbocycles. The van der Waals surface area contributed by atoms with Gasteiger partial charge in [0, 0.05) is 5.02 Å². The predicted molar refractivity (Wildman–Crippen MR) is 114 cm³/mol. The summed E-state index contributed by atoms with van der Waals surface area (Å²) in [6.45, 7) is 6.74. The zero-order valence-corrected chi connectivity index (χ0v) is 17.4. The van der Waals surface area contributed by atoms with Gasteiger partial charge in [0.15, 0.2) is 0 Å². The van der Waals surface area contributed by atoms with Gasteiger partial charge in [-0.1, -0.05) is 69.8 Å². The van der Waals surface area contributed by atoms with Gasteiger partial charge < -0.3 is 4.74 Å². The first kappa shape index (κ1) is 20.8. The second-order valence-corrected chi connectivity index (χ2v) is 7.43. The summed E-state index contributed by atoms with van der Waals surface area (Å²) in [4.78, 5) is 0. The Morgan fingerprint density at radius 1 is 0.731 bits per heavy atom. The fourth-order valence-corrected chi connectivity index (χ4v) is 3.69. The van der Waals surface area contributed by atoms with Crippen LogP contribution in [-0.4, -0.2) is 0 Å². The second kappa shape index (κ2) is 11.3. The standard InChI is InChI=1S/C24H33ClO/c1-4-7-15-20-21(16-8-5-2)23(25)18-24(22(20)17-9-6-3)26-19-13-11-10-12-14-19/h10-14,18H,4-9,15-17H2,1-3H3. The van der Waals surface area contributed by atoms with Gasteiger partial charge in [-0.2, -0.15) is 0 Å². The van der Waals surface area contributed by atoms with Crippen molar-refractivity contribution in [3.05, 3.63) is 58.1 Å². The molecule has 0 aliphatic carbocycles. The van der Waals surface area contributed by atoms with Crippen molar-refractivity contribution in [3.63, 3.8) is 0 Å². The highest BCUT2D eigenvalue weighted by Crippen LogP contribution is 2.37. The Kier molecular flexibility index (Phi) is 9.05. The smallest absolute Gasteiger partial charge is 0.132 e. The molecule has 0 spiro atoms. The lowest BCUT2D eigenvalue weighted by Gasteiger charge is -2.21. The summed E-state index contributed by atoms with van der Waals surface area (Å²) >= 11 is 6.74. The average Bonchev–Trinajstić information content (AvgIpc) is 2.65. The van der Waals surface area contributed by atoms with Crippen molar-refractivity contribution in [2.45, 2.75) is 78.6 Å². The minimum Gasteiger partial charge on any atom is -0.457 e. The second-order valence-electron chi connectivity index (χ2n) is 7.02. The molecule has 0 saturated carbocycles. The van der Waals surface area contributed by atoms with Gasteiger partial charge in [0.2, 0.25) is 0 Å². The van der Waals surface area contributed by atoms with E-state index in [2.05, 4.69) is 26.8 Å². The molecule has 2 rings (SSSR count). The lowest BCUT2D eigenvalue weighted by Crippen LogP contribution is -2.05. The zero-order valence-electron chi connectivity index (χ0n) is 16.6. The van der Waals surface area contributed by atoms with Crippen LogP contribution < -0.4 is 4.74 Å². The SMILES string of the molecule is CCCCc1c(Cl)cc(Oc2ccccc2)c(CCCC)c1CCCC. The first-order chi connectivity index (χ1) is 12.7. The molecule has 0 aromatic heterocycles. The highest BCUT2D eigenvalue weighted by atomic mass is 35.5. The number of halogens is 1. The maximum absolute atomic E-state index is 6.74. The van der Waals surface area contributed by atoms with Gasteiger partial charge >= 0.3 is 0 Å². The molecule has 0 bridgehead atoms. The van der Waals surface area contributed by atoms with Gasteiger partial charge in [-0.3, -0.25) is 0 Å².